The zero-order valence-electron chi connectivity index (χ0n) is 16.7. The Morgan fingerprint density at radius 2 is 1.57 bits per heavy atom. The van der Waals surface area contributed by atoms with E-state index < -0.39 is 5.97 Å². The molecule has 2 aromatic carbocycles. The lowest BCUT2D eigenvalue weighted by atomic mass is 9.98. The predicted octanol–water partition coefficient (Wildman–Crippen LogP) is 6.34. The van der Waals surface area contributed by atoms with Crippen molar-refractivity contribution in [2.75, 3.05) is 0 Å². The van der Waals surface area contributed by atoms with Crippen molar-refractivity contribution in [2.45, 2.75) is 34.6 Å². The van der Waals surface area contributed by atoms with Crippen LogP contribution in [0, 0.1) is 34.6 Å². The molecule has 0 bridgehead atoms. The molecule has 4 heteroatoms. The lowest BCUT2D eigenvalue weighted by Crippen LogP contribution is -2.01. The summed E-state index contributed by atoms with van der Waals surface area (Å²) in [7, 11) is 0. The minimum absolute atomic E-state index is 0.339. The summed E-state index contributed by atoms with van der Waals surface area (Å²) in [6.07, 6.45) is 0. The van der Waals surface area contributed by atoms with Crippen LogP contribution in [-0.2, 0) is 0 Å². The summed E-state index contributed by atoms with van der Waals surface area (Å²) in [6.45, 7) is 10.1. The fraction of sp³-hybridized carbons (Fsp3) is 0.208. The highest BCUT2D eigenvalue weighted by Gasteiger charge is 2.16. The third-order valence-corrected chi connectivity index (χ3v) is 5.56. The Morgan fingerprint density at radius 1 is 0.857 bits per heavy atom. The predicted molar refractivity (Wildman–Crippen MR) is 112 cm³/mol. The minimum atomic E-state index is -0.900. The number of aromatic nitrogens is 1. The van der Waals surface area contributed by atoms with Crippen LogP contribution in [-0.4, -0.2) is 16.1 Å². The van der Waals surface area contributed by atoms with Crippen molar-refractivity contribution in [3.8, 4) is 22.7 Å². The molecule has 0 fully saturated rings. The van der Waals surface area contributed by atoms with E-state index in [-0.39, 0.29) is 0 Å². The zero-order valence-corrected chi connectivity index (χ0v) is 16.7. The van der Waals surface area contributed by atoms with Crippen LogP contribution >= 0.6 is 0 Å². The average Bonchev–Trinajstić information content (AvgIpc) is 3.28. The smallest absolute Gasteiger partial charge is 0.335 e. The standard InChI is InChI=1S/C24H23NO3/c1-12-8-15(4)23-19(16(12)5)11-22(28-23)21-7-6-20(25-21)17-9-14(3)18(24(26)27)10-13(17)2/h6-11,25H,1-5H3,(H,26,27). The highest BCUT2D eigenvalue weighted by atomic mass is 16.4. The Balaban J connectivity index is 1.80. The van der Waals surface area contributed by atoms with Gasteiger partial charge in [-0.2, -0.15) is 0 Å². The van der Waals surface area contributed by atoms with E-state index in [0.29, 0.717) is 5.56 Å². The molecule has 2 aromatic heterocycles. The SMILES string of the molecule is Cc1cc(-c2ccc(-c3cc4c(C)c(C)cc(C)c4o3)[nH]2)c(C)cc1C(=O)O. The summed E-state index contributed by atoms with van der Waals surface area (Å²) in [5, 5.41) is 10.5. The Labute approximate surface area is 163 Å². The van der Waals surface area contributed by atoms with E-state index in [0.717, 1.165) is 50.4 Å². The quantitative estimate of drug-likeness (QED) is 0.440. The molecule has 0 aliphatic carbocycles. The summed E-state index contributed by atoms with van der Waals surface area (Å²) in [5.41, 5.74) is 9.39. The summed E-state index contributed by atoms with van der Waals surface area (Å²) in [5.74, 6) is -0.0998. The number of benzene rings is 2. The zero-order chi connectivity index (χ0) is 20.2. The van der Waals surface area contributed by atoms with Crippen LogP contribution in [0.15, 0.2) is 40.8 Å². The van der Waals surface area contributed by atoms with Gasteiger partial charge in [-0.3, -0.25) is 0 Å². The maximum atomic E-state index is 11.4. The van der Waals surface area contributed by atoms with Gasteiger partial charge in [0.25, 0.3) is 0 Å². The number of carboxylic acid groups (broad SMARTS) is 1. The van der Waals surface area contributed by atoms with Crippen molar-refractivity contribution in [3.05, 3.63) is 69.8 Å². The summed E-state index contributed by atoms with van der Waals surface area (Å²) < 4.78 is 6.17. The molecule has 0 aliphatic rings. The molecular weight excluding hydrogens is 350 g/mol. The van der Waals surface area contributed by atoms with Crippen molar-refractivity contribution in [2.24, 2.45) is 0 Å². The first kappa shape index (κ1) is 18.1. The van der Waals surface area contributed by atoms with Gasteiger partial charge in [0.2, 0.25) is 0 Å². The number of H-pyrrole nitrogens is 1. The van der Waals surface area contributed by atoms with Gasteiger partial charge >= 0.3 is 5.97 Å². The number of carbonyl (C=O) groups is 1. The largest absolute Gasteiger partial charge is 0.478 e. The maximum absolute atomic E-state index is 11.4. The van der Waals surface area contributed by atoms with E-state index in [9.17, 15) is 9.90 Å². The van der Waals surface area contributed by atoms with E-state index in [1.54, 1.807) is 6.07 Å². The Bertz CT molecular complexity index is 1240. The van der Waals surface area contributed by atoms with Crippen molar-refractivity contribution in [1.82, 2.24) is 4.98 Å². The molecule has 2 N–H and O–H groups in total. The van der Waals surface area contributed by atoms with Crippen LogP contribution in [0.1, 0.15) is 38.2 Å². The molecule has 0 amide bonds. The number of hydrogen-bond donors (Lipinski definition) is 2. The summed E-state index contributed by atoms with van der Waals surface area (Å²) >= 11 is 0. The molecule has 0 saturated carbocycles. The highest BCUT2D eigenvalue weighted by molar-refractivity contribution is 5.91. The second kappa shape index (κ2) is 6.41. The van der Waals surface area contributed by atoms with E-state index in [1.807, 2.05) is 32.0 Å². The minimum Gasteiger partial charge on any atom is -0.478 e. The third-order valence-electron chi connectivity index (χ3n) is 5.56. The normalized spacial score (nSPS) is 11.3. The first-order chi connectivity index (χ1) is 13.3. The molecule has 0 radical (unpaired) electrons. The third kappa shape index (κ3) is 2.82. The number of aromatic amines is 1. The van der Waals surface area contributed by atoms with Gasteiger partial charge in [-0.1, -0.05) is 6.07 Å². The molecule has 4 aromatic rings. The maximum Gasteiger partial charge on any atom is 0.335 e. The first-order valence-electron chi connectivity index (χ1n) is 9.31. The molecule has 0 atom stereocenters. The van der Waals surface area contributed by atoms with Crippen LogP contribution < -0.4 is 0 Å². The second-order valence-corrected chi connectivity index (χ2v) is 7.56. The molecule has 28 heavy (non-hydrogen) atoms. The Hall–Kier alpha value is -3.27. The lowest BCUT2D eigenvalue weighted by molar-refractivity contribution is 0.0696. The monoisotopic (exact) mass is 373 g/mol. The van der Waals surface area contributed by atoms with Crippen molar-refractivity contribution in [3.63, 3.8) is 0 Å². The molecule has 0 saturated heterocycles. The molecule has 0 unspecified atom stereocenters. The van der Waals surface area contributed by atoms with Crippen LogP contribution in [0.5, 0.6) is 0 Å². The van der Waals surface area contributed by atoms with Crippen LogP contribution in [0.3, 0.4) is 0 Å². The van der Waals surface area contributed by atoms with E-state index in [1.165, 1.54) is 11.1 Å². The van der Waals surface area contributed by atoms with Gasteiger partial charge < -0.3 is 14.5 Å². The molecule has 0 aliphatic heterocycles. The van der Waals surface area contributed by atoms with Crippen molar-refractivity contribution >= 4 is 16.9 Å². The molecule has 4 nitrogen and oxygen atoms in total. The van der Waals surface area contributed by atoms with E-state index >= 15 is 0 Å². The number of rotatable bonds is 3. The van der Waals surface area contributed by atoms with Gasteiger partial charge in [0.15, 0.2) is 5.76 Å². The number of furan rings is 1. The molecular formula is C24H23NO3. The van der Waals surface area contributed by atoms with Crippen LogP contribution in [0.2, 0.25) is 0 Å². The second-order valence-electron chi connectivity index (χ2n) is 7.56. The van der Waals surface area contributed by atoms with E-state index in [2.05, 4.69) is 37.9 Å². The van der Waals surface area contributed by atoms with Crippen molar-refractivity contribution < 1.29 is 14.3 Å². The fourth-order valence-corrected chi connectivity index (χ4v) is 3.84. The van der Waals surface area contributed by atoms with Gasteiger partial charge in [0.05, 0.1) is 11.3 Å². The molecule has 142 valence electrons. The number of nitrogens with one attached hydrogen (secondary N) is 1. The van der Waals surface area contributed by atoms with Crippen molar-refractivity contribution in [1.29, 1.82) is 0 Å². The first-order valence-corrected chi connectivity index (χ1v) is 9.31. The van der Waals surface area contributed by atoms with Gasteiger partial charge in [0.1, 0.15) is 5.58 Å². The van der Waals surface area contributed by atoms with Crippen LogP contribution in [0.25, 0.3) is 33.7 Å². The molecule has 2 heterocycles. The number of aryl methyl sites for hydroxylation is 5. The van der Waals surface area contributed by atoms with Gasteiger partial charge in [-0.25, -0.2) is 4.79 Å². The molecule has 0 spiro atoms. The fourth-order valence-electron chi connectivity index (χ4n) is 3.84. The van der Waals surface area contributed by atoms with Crippen LogP contribution in [0.4, 0.5) is 0 Å². The lowest BCUT2D eigenvalue weighted by Gasteiger charge is -2.08. The average molecular weight is 373 g/mol. The number of carboxylic acids is 1. The number of aromatic carboxylic acids is 1. The number of hydrogen-bond acceptors (Lipinski definition) is 2. The van der Waals surface area contributed by atoms with E-state index in [4.69, 9.17) is 4.42 Å². The highest BCUT2D eigenvalue weighted by Crippen LogP contribution is 2.34. The van der Waals surface area contributed by atoms with Gasteiger partial charge in [0, 0.05) is 16.6 Å². The molecule has 4 rings (SSSR count). The van der Waals surface area contributed by atoms with Gasteiger partial charge in [-0.15, -0.1) is 0 Å². The van der Waals surface area contributed by atoms with Gasteiger partial charge in [-0.05, 0) is 92.8 Å². The summed E-state index contributed by atoms with van der Waals surface area (Å²) in [6, 6.07) is 11.9. The summed E-state index contributed by atoms with van der Waals surface area (Å²) in [4.78, 5) is 14.8. The number of fused-ring (bicyclic) bond motifs is 1. The topological polar surface area (TPSA) is 66.2 Å². The Morgan fingerprint density at radius 3 is 2.29 bits per heavy atom. The Kier molecular flexibility index (Phi) is 4.15.